The zero-order valence-corrected chi connectivity index (χ0v) is 11.5. The zero-order valence-electron chi connectivity index (χ0n) is 10.6. The molecule has 1 amide bonds. The third-order valence-corrected chi connectivity index (χ3v) is 3.31. The third-order valence-electron chi connectivity index (χ3n) is 2.55. The second-order valence-corrected chi connectivity index (χ2v) is 6.40. The molecule has 0 spiro atoms. The maximum atomic E-state index is 11.8. The Labute approximate surface area is 105 Å². The van der Waals surface area contributed by atoms with Crippen LogP contribution < -0.4 is 0 Å². The van der Waals surface area contributed by atoms with Gasteiger partial charge in [-0.2, -0.15) is 0 Å². The minimum atomic E-state index is -1.79. The second kappa shape index (κ2) is 5.82. The van der Waals surface area contributed by atoms with Gasteiger partial charge in [-0.05, 0) is 39.5 Å². The molecule has 17 heavy (non-hydrogen) atoms. The lowest BCUT2D eigenvalue weighted by atomic mass is 10.0. The first-order chi connectivity index (χ1) is 7.78. The molecule has 1 N–H and O–H groups in total. The highest BCUT2D eigenvalue weighted by Gasteiger charge is 2.28. The maximum absolute atomic E-state index is 11.8. The van der Waals surface area contributed by atoms with E-state index >= 15 is 0 Å². The van der Waals surface area contributed by atoms with Crippen molar-refractivity contribution in [1.29, 1.82) is 0 Å². The molecular weight excluding hydrogens is 242 g/mol. The largest absolute Gasteiger partial charge is 0.444 e. The Morgan fingerprint density at radius 2 is 2.18 bits per heavy atom. The Bertz CT molecular complexity index is 300. The van der Waals surface area contributed by atoms with Gasteiger partial charge in [-0.25, -0.2) is 9.00 Å². The number of carbonyl (C=O) groups is 1. The molecule has 0 radical (unpaired) electrons. The molecule has 0 saturated carbocycles. The number of piperidine rings is 1. The molecule has 0 aliphatic carbocycles. The van der Waals surface area contributed by atoms with Crippen LogP contribution in [0.3, 0.4) is 0 Å². The molecule has 6 heteroatoms. The van der Waals surface area contributed by atoms with Gasteiger partial charge in [-0.1, -0.05) is 0 Å². The fourth-order valence-corrected chi connectivity index (χ4v) is 2.57. The summed E-state index contributed by atoms with van der Waals surface area (Å²) in [6, 6.07) is 0. The molecule has 1 heterocycles. The van der Waals surface area contributed by atoms with Gasteiger partial charge in [0.25, 0.3) is 0 Å². The van der Waals surface area contributed by atoms with Crippen molar-refractivity contribution in [3.8, 4) is 0 Å². The summed E-state index contributed by atoms with van der Waals surface area (Å²) >= 11 is -1.79. The number of hydrogen-bond acceptors (Lipinski definition) is 3. The average molecular weight is 263 g/mol. The van der Waals surface area contributed by atoms with Gasteiger partial charge in [0, 0.05) is 13.1 Å². The van der Waals surface area contributed by atoms with Crippen molar-refractivity contribution in [1.82, 2.24) is 4.90 Å². The maximum Gasteiger partial charge on any atom is 0.410 e. The first kappa shape index (κ1) is 14.4. The summed E-state index contributed by atoms with van der Waals surface area (Å²) in [7, 11) is 0. The van der Waals surface area contributed by atoms with Crippen LogP contribution in [0.25, 0.3) is 0 Å². The SMILES string of the molecule is CC(C)(C)OC(=O)N1CCCC(CS(=O)O)C1. The summed E-state index contributed by atoms with van der Waals surface area (Å²) < 4.78 is 24.9. The van der Waals surface area contributed by atoms with E-state index in [0.717, 1.165) is 12.8 Å². The standard InChI is InChI=1S/C11H21NO4S/c1-11(2,3)16-10(13)12-6-4-5-9(7-12)8-17(14)15/h9H,4-8H2,1-3H3,(H,14,15). The van der Waals surface area contributed by atoms with Crippen LogP contribution >= 0.6 is 0 Å². The van der Waals surface area contributed by atoms with Crippen LogP contribution in [0.1, 0.15) is 33.6 Å². The Morgan fingerprint density at radius 1 is 1.53 bits per heavy atom. The van der Waals surface area contributed by atoms with E-state index in [0.29, 0.717) is 13.1 Å². The first-order valence-corrected chi connectivity index (χ1v) is 7.11. The van der Waals surface area contributed by atoms with Crippen LogP contribution in [0.2, 0.25) is 0 Å². The van der Waals surface area contributed by atoms with Crippen molar-refractivity contribution in [3.05, 3.63) is 0 Å². The Kier molecular flexibility index (Phi) is 4.94. The highest BCUT2D eigenvalue weighted by atomic mass is 32.2. The molecule has 1 fully saturated rings. The molecule has 0 aromatic rings. The van der Waals surface area contributed by atoms with E-state index in [9.17, 15) is 9.00 Å². The van der Waals surface area contributed by atoms with Gasteiger partial charge in [0.15, 0.2) is 11.1 Å². The number of likely N-dealkylation sites (tertiary alicyclic amines) is 1. The van der Waals surface area contributed by atoms with E-state index in [-0.39, 0.29) is 17.8 Å². The molecule has 0 bridgehead atoms. The van der Waals surface area contributed by atoms with Gasteiger partial charge in [-0.3, -0.25) is 0 Å². The summed E-state index contributed by atoms with van der Waals surface area (Å²) in [6.45, 7) is 6.67. The van der Waals surface area contributed by atoms with Gasteiger partial charge < -0.3 is 14.2 Å². The average Bonchev–Trinajstić information content (AvgIpc) is 2.14. The van der Waals surface area contributed by atoms with Gasteiger partial charge in [0.05, 0.1) is 5.75 Å². The third kappa shape index (κ3) is 5.50. The number of ether oxygens (including phenoxy) is 1. The van der Waals surface area contributed by atoms with Crippen LogP contribution in [-0.2, 0) is 15.8 Å². The number of nitrogens with zero attached hydrogens (tertiary/aromatic N) is 1. The molecule has 1 aliphatic heterocycles. The van der Waals surface area contributed by atoms with Gasteiger partial charge >= 0.3 is 6.09 Å². The number of amides is 1. The molecule has 1 saturated heterocycles. The number of rotatable bonds is 2. The van der Waals surface area contributed by atoms with Gasteiger partial charge in [0.1, 0.15) is 5.60 Å². The van der Waals surface area contributed by atoms with Gasteiger partial charge in [0.2, 0.25) is 0 Å². The highest BCUT2D eigenvalue weighted by Crippen LogP contribution is 2.19. The Balaban J connectivity index is 2.49. The van der Waals surface area contributed by atoms with Crippen molar-refractivity contribution in [2.45, 2.75) is 39.2 Å². The van der Waals surface area contributed by atoms with Crippen molar-refractivity contribution >= 4 is 17.2 Å². The number of carbonyl (C=O) groups excluding carboxylic acids is 1. The Morgan fingerprint density at radius 3 is 2.71 bits per heavy atom. The molecule has 1 rings (SSSR count). The molecule has 2 atom stereocenters. The van der Waals surface area contributed by atoms with E-state index in [1.807, 2.05) is 20.8 Å². The molecule has 100 valence electrons. The van der Waals surface area contributed by atoms with Crippen molar-refractivity contribution in [3.63, 3.8) is 0 Å². The fraction of sp³-hybridized carbons (Fsp3) is 0.909. The van der Waals surface area contributed by atoms with Crippen molar-refractivity contribution < 1.29 is 18.3 Å². The minimum absolute atomic E-state index is 0.0992. The molecule has 0 aromatic heterocycles. The van der Waals surface area contributed by atoms with E-state index in [4.69, 9.17) is 9.29 Å². The molecular formula is C11H21NO4S. The Hall–Kier alpha value is -0.620. The van der Waals surface area contributed by atoms with E-state index in [1.165, 1.54) is 0 Å². The smallest absolute Gasteiger partial charge is 0.410 e. The lowest BCUT2D eigenvalue weighted by molar-refractivity contribution is 0.0176. The highest BCUT2D eigenvalue weighted by molar-refractivity contribution is 7.79. The number of hydrogen-bond donors (Lipinski definition) is 1. The van der Waals surface area contributed by atoms with Crippen LogP contribution in [0.5, 0.6) is 0 Å². The van der Waals surface area contributed by atoms with Crippen molar-refractivity contribution in [2.75, 3.05) is 18.8 Å². The summed E-state index contributed by atoms with van der Waals surface area (Å²) in [6.07, 6.45) is 1.43. The fourth-order valence-electron chi connectivity index (χ4n) is 1.90. The quantitative estimate of drug-likeness (QED) is 0.772. The van der Waals surface area contributed by atoms with Gasteiger partial charge in [-0.15, -0.1) is 0 Å². The van der Waals surface area contributed by atoms with E-state index in [2.05, 4.69) is 0 Å². The summed E-state index contributed by atoms with van der Waals surface area (Å²) in [4.78, 5) is 13.4. The molecule has 5 nitrogen and oxygen atoms in total. The monoisotopic (exact) mass is 263 g/mol. The molecule has 1 aliphatic rings. The zero-order chi connectivity index (χ0) is 13.1. The normalized spacial score (nSPS) is 23.3. The lowest BCUT2D eigenvalue weighted by Crippen LogP contribution is -2.43. The predicted octanol–water partition coefficient (Wildman–Crippen LogP) is 1.86. The van der Waals surface area contributed by atoms with Crippen molar-refractivity contribution in [2.24, 2.45) is 5.92 Å². The van der Waals surface area contributed by atoms with E-state index < -0.39 is 16.7 Å². The topological polar surface area (TPSA) is 66.8 Å². The summed E-state index contributed by atoms with van der Waals surface area (Å²) in [5.74, 6) is 0.335. The van der Waals surface area contributed by atoms with E-state index in [1.54, 1.807) is 4.90 Å². The summed E-state index contributed by atoms with van der Waals surface area (Å²) in [5, 5.41) is 0. The minimum Gasteiger partial charge on any atom is -0.444 e. The van der Waals surface area contributed by atoms with Crippen LogP contribution in [0.4, 0.5) is 4.79 Å². The molecule has 2 unspecified atom stereocenters. The molecule has 0 aromatic carbocycles. The van der Waals surface area contributed by atoms with Crippen LogP contribution in [0.15, 0.2) is 0 Å². The second-order valence-electron chi connectivity index (χ2n) is 5.42. The lowest BCUT2D eigenvalue weighted by Gasteiger charge is -2.33. The van der Waals surface area contributed by atoms with Crippen LogP contribution in [0, 0.1) is 5.92 Å². The first-order valence-electron chi connectivity index (χ1n) is 5.83. The summed E-state index contributed by atoms with van der Waals surface area (Å²) in [5.41, 5.74) is -0.496. The van der Waals surface area contributed by atoms with Crippen LogP contribution in [-0.4, -0.2) is 44.2 Å². The predicted molar refractivity (Wildman–Crippen MR) is 66.2 cm³/mol.